The lowest BCUT2D eigenvalue weighted by molar-refractivity contribution is -0.135. The van der Waals surface area contributed by atoms with Crippen LogP contribution in [0, 0.1) is 12.8 Å². The fourth-order valence-corrected chi connectivity index (χ4v) is 6.35. The van der Waals surface area contributed by atoms with Crippen LogP contribution in [0.1, 0.15) is 66.1 Å². The summed E-state index contributed by atoms with van der Waals surface area (Å²) in [6, 6.07) is 15.5. The maximum atomic E-state index is 14.9. The molecular formula is C36H37FN8O3. The monoisotopic (exact) mass is 648 g/mol. The van der Waals surface area contributed by atoms with Crippen LogP contribution in [0.3, 0.4) is 0 Å². The summed E-state index contributed by atoms with van der Waals surface area (Å²) in [5.41, 5.74) is 9.74. The average molecular weight is 649 g/mol. The molecule has 1 atom stereocenters. The Morgan fingerprint density at radius 3 is 2.46 bits per heavy atom. The third-order valence-corrected chi connectivity index (χ3v) is 8.90. The van der Waals surface area contributed by atoms with Crippen LogP contribution in [-0.4, -0.2) is 54.0 Å². The van der Waals surface area contributed by atoms with Gasteiger partial charge >= 0.3 is 0 Å². The number of nitrogen functional groups attached to an aromatic ring is 1. The van der Waals surface area contributed by atoms with Crippen LogP contribution in [0.5, 0.6) is 0 Å². The molecule has 0 spiro atoms. The number of allylic oxidation sites excluding steroid dienone is 1. The van der Waals surface area contributed by atoms with E-state index >= 15 is 0 Å². The molecule has 11 nitrogen and oxygen atoms in total. The first kappa shape index (κ1) is 32.3. The number of nitrogens with two attached hydrogens (primary N) is 1. The third kappa shape index (κ3) is 5.96. The molecule has 1 aromatic carbocycles. The van der Waals surface area contributed by atoms with E-state index in [2.05, 4.69) is 33.0 Å². The van der Waals surface area contributed by atoms with Gasteiger partial charge in [0.1, 0.15) is 29.4 Å². The number of alkyl halides is 1. The highest BCUT2D eigenvalue weighted by Crippen LogP contribution is 2.37. The highest BCUT2D eigenvalue weighted by Gasteiger charge is 2.29. The van der Waals surface area contributed by atoms with Gasteiger partial charge in [-0.3, -0.25) is 19.0 Å². The Bertz CT molecular complexity index is 2060. The molecule has 5 aromatic rings. The van der Waals surface area contributed by atoms with Crippen molar-refractivity contribution in [3.63, 3.8) is 0 Å². The zero-order valence-electron chi connectivity index (χ0n) is 27.1. The van der Waals surface area contributed by atoms with Gasteiger partial charge < -0.3 is 16.0 Å². The Morgan fingerprint density at radius 2 is 1.81 bits per heavy atom. The van der Waals surface area contributed by atoms with Gasteiger partial charge in [0.15, 0.2) is 5.82 Å². The normalized spacial score (nSPS) is 14.3. The number of hydrogen-bond acceptors (Lipinski definition) is 7. The number of likely N-dealkylation sites (tertiary alicyclic amines) is 1. The van der Waals surface area contributed by atoms with Crippen molar-refractivity contribution < 1.29 is 14.0 Å². The van der Waals surface area contributed by atoms with Gasteiger partial charge in [-0.1, -0.05) is 44.7 Å². The van der Waals surface area contributed by atoms with Crippen LogP contribution in [0.2, 0.25) is 0 Å². The molecule has 12 heteroatoms. The van der Waals surface area contributed by atoms with E-state index in [0.29, 0.717) is 35.8 Å². The summed E-state index contributed by atoms with van der Waals surface area (Å²) in [4.78, 5) is 50.0. The molecule has 2 amide bonds. The fourth-order valence-electron chi connectivity index (χ4n) is 6.35. The van der Waals surface area contributed by atoms with Crippen molar-refractivity contribution in [3.8, 4) is 16.9 Å². The second kappa shape index (κ2) is 13.2. The number of nitrogens with zero attached hydrogens (tertiary/aromatic N) is 6. The van der Waals surface area contributed by atoms with Crippen molar-refractivity contribution in [2.45, 2.75) is 45.7 Å². The molecular weight excluding hydrogens is 611 g/mol. The zero-order chi connectivity index (χ0) is 34.1. The highest BCUT2D eigenvalue weighted by atomic mass is 19.1. The predicted molar refractivity (Wildman–Crippen MR) is 183 cm³/mol. The van der Waals surface area contributed by atoms with E-state index in [1.54, 1.807) is 37.3 Å². The van der Waals surface area contributed by atoms with Gasteiger partial charge in [0.25, 0.3) is 11.5 Å². The molecule has 0 radical (unpaired) electrons. The fraction of sp³-hybridized carbons (Fsp3) is 0.278. The lowest BCUT2D eigenvalue weighted by Crippen LogP contribution is -2.40. The van der Waals surface area contributed by atoms with Crippen molar-refractivity contribution in [3.05, 3.63) is 113 Å². The summed E-state index contributed by atoms with van der Waals surface area (Å²) in [6.07, 6.45) is 4.08. The van der Waals surface area contributed by atoms with Gasteiger partial charge in [0, 0.05) is 59.3 Å². The molecule has 0 saturated carbocycles. The second-order valence-corrected chi connectivity index (χ2v) is 12.2. The van der Waals surface area contributed by atoms with Crippen molar-refractivity contribution in [1.82, 2.24) is 29.0 Å². The van der Waals surface area contributed by atoms with E-state index in [1.165, 1.54) is 23.2 Å². The molecule has 1 saturated heterocycles. The number of carbonyl (C=O) groups is 2. The van der Waals surface area contributed by atoms with E-state index in [0.717, 1.165) is 35.7 Å². The molecule has 1 aliphatic rings. The molecule has 4 aromatic heterocycles. The van der Waals surface area contributed by atoms with Crippen LogP contribution in [0.25, 0.3) is 22.5 Å². The number of carbonyl (C=O) groups excluding carboxylic acids is 2. The minimum atomic E-state index is -1.60. The number of halogens is 1. The summed E-state index contributed by atoms with van der Waals surface area (Å²) < 4.78 is 18.0. The van der Waals surface area contributed by atoms with Crippen LogP contribution >= 0.6 is 0 Å². The van der Waals surface area contributed by atoms with Gasteiger partial charge in [0.2, 0.25) is 5.91 Å². The lowest BCUT2D eigenvalue weighted by atomic mass is 9.92. The van der Waals surface area contributed by atoms with Crippen LogP contribution in [-0.2, 0) is 4.79 Å². The van der Waals surface area contributed by atoms with E-state index in [4.69, 9.17) is 5.73 Å². The smallest absolute Gasteiger partial charge is 0.269 e. The minimum Gasteiger partial charge on any atom is -0.382 e. The predicted octanol–water partition coefficient (Wildman–Crippen LogP) is 5.64. The van der Waals surface area contributed by atoms with Crippen LogP contribution < -0.4 is 16.6 Å². The number of piperidine rings is 1. The highest BCUT2D eigenvalue weighted by molar-refractivity contribution is 6.04. The Hall–Kier alpha value is -5.65. The van der Waals surface area contributed by atoms with Gasteiger partial charge in [0.05, 0.1) is 0 Å². The van der Waals surface area contributed by atoms with E-state index in [1.807, 2.05) is 35.4 Å². The maximum Gasteiger partial charge on any atom is 0.269 e. The average Bonchev–Trinajstić information content (AvgIpc) is 3.49. The largest absolute Gasteiger partial charge is 0.382 e. The number of fused-ring (bicyclic) bond motifs is 1. The molecule has 5 heterocycles. The molecule has 246 valence electrons. The van der Waals surface area contributed by atoms with Crippen molar-refractivity contribution in [2.75, 3.05) is 24.1 Å². The number of hydrogen-bond donors (Lipinski definition) is 2. The topological polar surface area (TPSA) is 141 Å². The van der Waals surface area contributed by atoms with Crippen LogP contribution in [0.4, 0.5) is 15.9 Å². The van der Waals surface area contributed by atoms with E-state index in [9.17, 15) is 18.8 Å². The van der Waals surface area contributed by atoms with Gasteiger partial charge in [-0.15, -0.1) is 0 Å². The molecule has 1 unspecified atom stereocenters. The summed E-state index contributed by atoms with van der Waals surface area (Å²) in [7, 11) is 0. The summed E-state index contributed by atoms with van der Waals surface area (Å²) in [6.45, 7) is 10.3. The van der Waals surface area contributed by atoms with Gasteiger partial charge in [-0.2, -0.15) is 5.10 Å². The van der Waals surface area contributed by atoms with Gasteiger partial charge in [-0.05, 0) is 61.7 Å². The summed E-state index contributed by atoms with van der Waals surface area (Å²) in [5.74, 6) is 0.218. The Morgan fingerprint density at radius 1 is 1.08 bits per heavy atom. The molecule has 0 bridgehead atoms. The van der Waals surface area contributed by atoms with Gasteiger partial charge in [-0.25, -0.2) is 18.9 Å². The SMILES string of the molecule is C=CC(F)c1cc(C(=O)Nc2ccc(-c3cc(C4CCN(C(=O)C(C)C)CC4)n4ncnc(N)c34)cc2)c(=O)n(-c2ccccn2)c1C. The number of pyridine rings is 2. The molecule has 0 aliphatic carbocycles. The molecule has 1 fully saturated rings. The van der Waals surface area contributed by atoms with Crippen molar-refractivity contribution in [1.29, 1.82) is 0 Å². The zero-order valence-corrected chi connectivity index (χ0v) is 27.1. The number of aromatic nitrogens is 5. The van der Waals surface area contributed by atoms with E-state index in [-0.39, 0.29) is 34.7 Å². The maximum absolute atomic E-state index is 14.9. The quantitative estimate of drug-likeness (QED) is 0.208. The molecule has 1 aliphatic heterocycles. The lowest BCUT2D eigenvalue weighted by Gasteiger charge is -2.33. The van der Waals surface area contributed by atoms with E-state index < -0.39 is 17.6 Å². The second-order valence-electron chi connectivity index (χ2n) is 12.2. The first-order valence-electron chi connectivity index (χ1n) is 15.9. The minimum absolute atomic E-state index is 0.0398. The Balaban J connectivity index is 1.29. The standard InChI is InChI=1S/C36H37FN8O3/c1-5-29(37)26-18-28(36(48)44(22(26)4)31-8-6-7-15-39-31)34(46)42-25-11-9-23(10-12-25)27-19-30(45-32(27)33(38)40-20-41-45)24-13-16-43(17-14-24)35(47)21(2)3/h5-12,15,18-21,24,29H,1,13-14,16-17H2,2-4H3,(H,42,46)(H2,38,40,41). The summed E-state index contributed by atoms with van der Waals surface area (Å²) in [5, 5.41) is 7.30. The first-order valence-corrected chi connectivity index (χ1v) is 15.9. The number of benzene rings is 1. The Kier molecular flexibility index (Phi) is 8.90. The number of anilines is 2. The van der Waals surface area contributed by atoms with Crippen molar-refractivity contribution >= 4 is 28.8 Å². The number of amides is 2. The summed E-state index contributed by atoms with van der Waals surface area (Å²) >= 11 is 0. The third-order valence-electron chi connectivity index (χ3n) is 8.90. The van der Waals surface area contributed by atoms with Crippen LogP contribution in [0.15, 0.2) is 84.6 Å². The molecule has 48 heavy (non-hydrogen) atoms. The molecule has 3 N–H and O–H groups in total. The number of rotatable bonds is 8. The Labute approximate surface area is 276 Å². The molecule has 6 rings (SSSR count). The number of nitrogens with one attached hydrogen (secondary N) is 1. The van der Waals surface area contributed by atoms with Crippen molar-refractivity contribution in [2.24, 2.45) is 5.92 Å². The first-order chi connectivity index (χ1) is 23.1.